The standard InChI is InChI=1S/C16H20ClN3O/c1-20-12-11-18-16(20)15(13-7-3-2-4-8-13)19-14(21)9-5-6-10-17/h2-4,7-8,11-12,15H,5-6,9-10H2,1H3,(H,19,21). The summed E-state index contributed by atoms with van der Waals surface area (Å²) in [5.41, 5.74) is 1.03. The molecule has 1 aromatic heterocycles. The van der Waals surface area contributed by atoms with Gasteiger partial charge in [0.25, 0.3) is 0 Å². The first-order valence-corrected chi connectivity index (χ1v) is 7.63. The summed E-state index contributed by atoms with van der Waals surface area (Å²) >= 11 is 5.64. The molecule has 5 heteroatoms. The van der Waals surface area contributed by atoms with Crippen molar-refractivity contribution in [2.45, 2.75) is 25.3 Å². The van der Waals surface area contributed by atoms with Gasteiger partial charge in [-0.2, -0.15) is 0 Å². The fourth-order valence-electron chi connectivity index (χ4n) is 2.21. The van der Waals surface area contributed by atoms with Gasteiger partial charge in [0.05, 0.1) is 0 Å². The maximum absolute atomic E-state index is 12.1. The highest BCUT2D eigenvalue weighted by Crippen LogP contribution is 2.20. The highest BCUT2D eigenvalue weighted by Gasteiger charge is 2.20. The highest BCUT2D eigenvalue weighted by atomic mass is 35.5. The average Bonchev–Trinajstić information content (AvgIpc) is 2.92. The number of carbonyl (C=O) groups excluding carboxylic acids is 1. The summed E-state index contributed by atoms with van der Waals surface area (Å²) < 4.78 is 1.93. The van der Waals surface area contributed by atoms with Crippen LogP contribution in [0, 0.1) is 0 Å². The lowest BCUT2D eigenvalue weighted by atomic mass is 10.1. The molecule has 21 heavy (non-hydrogen) atoms. The second-order valence-electron chi connectivity index (χ2n) is 4.95. The maximum Gasteiger partial charge on any atom is 0.220 e. The average molecular weight is 306 g/mol. The number of aromatic nitrogens is 2. The number of rotatable bonds is 7. The van der Waals surface area contributed by atoms with Gasteiger partial charge in [-0.3, -0.25) is 4.79 Å². The minimum absolute atomic E-state index is 0.0250. The van der Waals surface area contributed by atoms with Gasteiger partial charge in [-0.1, -0.05) is 30.3 Å². The van der Waals surface area contributed by atoms with E-state index < -0.39 is 0 Å². The van der Waals surface area contributed by atoms with E-state index in [9.17, 15) is 4.79 Å². The zero-order valence-corrected chi connectivity index (χ0v) is 12.9. The smallest absolute Gasteiger partial charge is 0.220 e. The van der Waals surface area contributed by atoms with E-state index in [2.05, 4.69) is 10.3 Å². The third kappa shape index (κ3) is 4.33. The number of nitrogens with one attached hydrogen (secondary N) is 1. The Hall–Kier alpha value is -1.81. The summed E-state index contributed by atoms with van der Waals surface area (Å²) in [7, 11) is 1.93. The number of alkyl halides is 1. The lowest BCUT2D eigenvalue weighted by Crippen LogP contribution is -2.30. The highest BCUT2D eigenvalue weighted by molar-refractivity contribution is 6.17. The number of nitrogens with zero attached hydrogens (tertiary/aromatic N) is 2. The molecule has 0 aliphatic rings. The Balaban J connectivity index is 2.14. The monoisotopic (exact) mass is 305 g/mol. The van der Waals surface area contributed by atoms with E-state index >= 15 is 0 Å². The lowest BCUT2D eigenvalue weighted by molar-refractivity contribution is -0.121. The van der Waals surface area contributed by atoms with Crippen molar-refractivity contribution in [1.82, 2.24) is 14.9 Å². The van der Waals surface area contributed by atoms with E-state index in [0.29, 0.717) is 12.3 Å². The molecule has 2 aromatic rings. The van der Waals surface area contributed by atoms with Crippen LogP contribution in [0.4, 0.5) is 0 Å². The second kappa shape index (κ2) is 7.84. The van der Waals surface area contributed by atoms with Crippen molar-refractivity contribution >= 4 is 17.5 Å². The number of benzene rings is 1. The first kappa shape index (κ1) is 15.6. The van der Waals surface area contributed by atoms with Gasteiger partial charge >= 0.3 is 0 Å². The van der Waals surface area contributed by atoms with Crippen LogP contribution in [0.3, 0.4) is 0 Å². The van der Waals surface area contributed by atoms with Crippen molar-refractivity contribution in [1.29, 1.82) is 0 Å². The molecule has 0 fully saturated rings. The van der Waals surface area contributed by atoms with E-state index in [1.165, 1.54) is 0 Å². The van der Waals surface area contributed by atoms with E-state index in [-0.39, 0.29) is 11.9 Å². The molecule has 1 unspecified atom stereocenters. The lowest BCUT2D eigenvalue weighted by Gasteiger charge is -2.19. The van der Waals surface area contributed by atoms with Crippen molar-refractivity contribution in [2.24, 2.45) is 7.05 Å². The van der Waals surface area contributed by atoms with Gasteiger partial charge in [-0.05, 0) is 18.4 Å². The Morgan fingerprint density at radius 2 is 2.10 bits per heavy atom. The van der Waals surface area contributed by atoms with Crippen LogP contribution < -0.4 is 5.32 Å². The number of hydrogen-bond acceptors (Lipinski definition) is 2. The van der Waals surface area contributed by atoms with E-state index in [1.54, 1.807) is 6.20 Å². The summed E-state index contributed by atoms with van der Waals surface area (Å²) in [6.45, 7) is 0. The summed E-state index contributed by atoms with van der Waals surface area (Å²) in [6, 6.07) is 9.66. The van der Waals surface area contributed by atoms with Crippen molar-refractivity contribution < 1.29 is 4.79 Å². The quantitative estimate of drug-likeness (QED) is 0.631. The molecule has 0 radical (unpaired) electrons. The summed E-state index contributed by atoms with van der Waals surface area (Å²) in [4.78, 5) is 16.5. The topological polar surface area (TPSA) is 46.9 Å². The molecule has 112 valence electrons. The number of unbranched alkanes of at least 4 members (excludes halogenated alkanes) is 1. The first-order chi connectivity index (χ1) is 10.2. The molecule has 0 aliphatic carbocycles. The number of carbonyl (C=O) groups is 1. The van der Waals surface area contributed by atoms with Gasteiger partial charge in [0.2, 0.25) is 5.91 Å². The Labute approximate surface area is 130 Å². The summed E-state index contributed by atoms with van der Waals surface area (Å²) in [5, 5.41) is 3.07. The molecule has 1 amide bonds. The number of hydrogen-bond donors (Lipinski definition) is 1. The van der Waals surface area contributed by atoms with Gasteiger partial charge in [0.15, 0.2) is 0 Å². The van der Waals surface area contributed by atoms with Crippen LogP contribution in [0.5, 0.6) is 0 Å². The molecule has 0 spiro atoms. The summed E-state index contributed by atoms with van der Waals surface area (Å²) in [6.07, 6.45) is 5.77. The molecule has 2 rings (SSSR count). The SMILES string of the molecule is Cn1ccnc1C(NC(=O)CCCCCl)c1ccccc1. The van der Waals surface area contributed by atoms with E-state index in [1.807, 2.05) is 48.1 Å². The number of halogens is 1. The second-order valence-corrected chi connectivity index (χ2v) is 5.33. The van der Waals surface area contributed by atoms with E-state index in [0.717, 1.165) is 24.2 Å². The molecule has 0 saturated heterocycles. The van der Waals surface area contributed by atoms with Crippen LogP contribution in [-0.4, -0.2) is 21.3 Å². The normalized spacial score (nSPS) is 12.1. The van der Waals surface area contributed by atoms with Gasteiger partial charge in [-0.25, -0.2) is 4.98 Å². The third-order valence-electron chi connectivity index (χ3n) is 3.34. The van der Waals surface area contributed by atoms with Gasteiger partial charge < -0.3 is 9.88 Å². The predicted octanol–water partition coefficient (Wildman–Crippen LogP) is 3.03. The largest absolute Gasteiger partial charge is 0.342 e. The number of aryl methyl sites for hydroxylation is 1. The Morgan fingerprint density at radius 3 is 2.71 bits per heavy atom. The Morgan fingerprint density at radius 1 is 1.33 bits per heavy atom. The van der Waals surface area contributed by atoms with Crippen LogP contribution in [0.15, 0.2) is 42.7 Å². The molecule has 4 nitrogen and oxygen atoms in total. The van der Waals surface area contributed by atoms with Crippen molar-refractivity contribution in [3.63, 3.8) is 0 Å². The summed E-state index contributed by atoms with van der Waals surface area (Å²) in [5.74, 6) is 1.44. The maximum atomic E-state index is 12.1. The molecule has 1 aromatic carbocycles. The fraction of sp³-hybridized carbons (Fsp3) is 0.375. The molecule has 1 heterocycles. The van der Waals surface area contributed by atoms with Crippen LogP contribution >= 0.6 is 11.6 Å². The van der Waals surface area contributed by atoms with Crippen LogP contribution in [0.25, 0.3) is 0 Å². The van der Waals surface area contributed by atoms with Crippen LogP contribution in [-0.2, 0) is 11.8 Å². The third-order valence-corrected chi connectivity index (χ3v) is 3.61. The van der Waals surface area contributed by atoms with E-state index in [4.69, 9.17) is 11.6 Å². The number of imidazole rings is 1. The van der Waals surface area contributed by atoms with Crippen LogP contribution in [0.2, 0.25) is 0 Å². The minimum atomic E-state index is -0.227. The zero-order chi connectivity index (χ0) is 15.1. The predicted molar refractivity (Wildman–Crippen MR) is 84.2 cm³/mol. The molecule has 0 bridgehead atoms. The Kier molecular flexibility index (Phi) is 5.81. The molecule has 0 aliphatic heterocycles. The van der Waals surface area contributed by atoms with Gasteiger partial charge in [-0.15, -0.1) is 11.6 Å². The Bertz CT molecular complexity index is 568. The van der Waals surface area contributed by atoms with Gasteiger partial charge in [0, 0.05) is 31.7 Å². The van der Waals surface area contributed by atoms with Gasteiger partial charge in [0.1, 0.15) is 11.9 Å². The molecular formula is C16H20ClN3O. The molecule has 0 saturated carbocycles. The van der Waals surface area contributed by atoms with Crippen LogP contribution in [0.1, 0.15) is 36.7 Å². The fourth-order valence-corrected chi connectivity index (χ4v) is 2.40. The van der Waals surface area contributed by atoms with Crippen molar-refractivity contribution in [2.75, 3.05) is 5.88 Å². The molecular weight excluding hydrogens is 286 g/mol. The molecule has 1 N–H and O–H groups in total. The zero-order valence-electron chi connectivity index (χ0n) is 12.1. The van der Waals surface area contributed by atoms with Crippen molar-refractivity contribution in [3.8, 4) is 0 Å². The number of amides is 1. The molecule has 1 atom stereocenters. The first-order valence-electron chi connectivity index (χ1n) is 7.10. The minimum Gasteiger partial charge on any atom is -0.342 e. The van der Waals surface area contributed by atoms with Crippen molar-refractivity contribution in [3.05, 3.63) is 54.1 Å².